The standard InChI is InChI=1S/C14H12.CHNO/c1-3-7-13(8-4-1)11-12-14-9-5-2-6-10-14;2-1-3/h1-12H;2H/i1D,2D;. The molecule has 0 fully saturated rings. The van der Waals surface area contributed by atoms with Crippen molar-refractivity contribution >= 4 is 18.2 Å². The molecule has 2 aromatic carbocycles. The van der Waals surface area contributed by atoms with E-state index in [-0.39, 0.29) is 0 Å². The molecule has 1 N–H and O–H groups in total. The van der Waals surface area contributed by atoms with Crippen molar-refractivity contribution in [3.05, 3.63) is 71.7 Å². The number of rotatable bonds is 2. The fraction of sp³-hybridized carbons (Fsp3) is 0. The van der Waals surface area contributed by atoms with E-state index < -0.39 is 0 Å². The van der Waals surface area contributed by atoms with Crippen molar-refractivity contribution in [2.45, 2.75) is 0 Å². The van der Waals surface area contributed by atoms with Crippen molar-refractivity contribution in [2.75, 3.05) is 0 Å². The first-order valence-corrected chi connectivity index (χ1v) is 5.01. The number of benzene rings is 2. The van der Waals surface area contributed by atoms with Gasteiger partial charge in [-0.1, -0.05) is 72.8 Å². The van der Waals surface area contributed by atoms with Gasteiger partial charge in [-0.15, -0.1) is 0 Å². The van der Waals surface area contributed by atoms with Gasteiger partial charge in [0.05, 0.1) is 2.74 Å². The Morgan fingerprint density at radius 2 is 1.24 bits per heavy atom. The highest BCUT2D eigenvalue weighted by molar-refractivity contribution is 5.69. The largest absolute Gasteiger partial charge is 0.231 e. The molecular weight excluding hydrogens is 210 g/mol. The summed E-state index contributed by atoms with van der Waals surface area (Å²) in [7, 11) is 0. The lowest BCUT2D eigenvalue weighted by atomic mass is 10.1. The van der Waals surface area contributed by atoms with Gasteiger partial charge < -0.3 is 0 Å². The number of nitrogens with one attached hydrogen (secondary N) is 1. The van der Waals surface area contributed by atoms with E-state index in [9.17, 15) is 0 Å². The summed E-state index contributed by atoms with van der Waals surface area (Å²) in [6.45, 7) is 0. The predicted molar refractivity (Wildman–Crippen MR) is 70.2 cm³/mol. The van der Waals surface area contributed by atoms with Crippen LogP contribution < -0.4 is 0 Å². The van der Waals surface area contributed by atoms with Crippen LogP contribution in [0, 0.1) is 5.41 Å². The maximum absolute atomic E-state index is 8.35. The van der Waals surface area contributed by atoms with Crippen LogP contribution in [-0.2, 0) is 4.79 Å². The van der Waals surface area contributed by atoms with E-state index in [2.05, 4.69) is 0 Å². The second kappa shape index (κ2) is 7.80. The Balaban J connectivity index is 0.000000550. The Labute approximate surface area is 104 Å². The molecule has 2 nitrogen and oxygen atoms in total. The van der Waals surface area contributed by atoms with Crippen molar-refractivity contribution in [3.8, 4) is 0 Å². The minimum Gasteiger partial charge on any atom is -0.222 e. The SMILES string of the molecule is N=C=O.[2H]c1ccc(C=Cc2ccc([2H])cc2)cc1. The van der Waals surface area contributed by atoms with Crippen molar-refractivity contribution in [1.82, 2.24) is 0 Å². The van der Waals surface area contributed by atoms with Crippen LogP contribution in [0.2, 0.25) is 0 Å². The quantitative estimate of drug-likeness (QED) is 0.472. The van der Waals surface area contributed by atoms with Crippen LogP contribution in [0.1, 0.15) is 13.9 Å². The van der Waals surface area contributed by atoms with Crippen LogP contribution in [0.3, 0.4) is 0 Å². The monoisotopic (exact) mass is 225 g/mol. The molecule has 17 heavy (non-hydrogen) atoms. The number of carbonyl (C=O) groups excluding carboxylic acids is 1. The van der Waals surface area contributed by atoms with Gasteiger partial charge in [0.25, 0.3) is 0 Å². The first kappa shape index (κ1) is 9.76. The average Bonchev–Trinajstić information content (AvgIpc) is 2.41. The Kier molecular flexibility index (Phi) is 4.48. The molecule has 0 amide bonds. The fourth-order valence-corrected chi connectivity index (χ4v) is 1.21. The molecule has 2 rings (SSSR count). The van der Waals surface area contributed by atoms with Gasteiger partial charge in [0.15, 0.2) is 0 Å². The molecule has 0 aromatic heterocycles. The summed E-state index contributed by atoms with van der Waals surface area (Å²) in [4.78, 5) is 8.35. The molecule has 0 radical (unpaired) electrons. The van der Waals surface area contributed by atoms with Gasteiger partial charge in [-0.3, -0.25) is 0 Å². The van der Waals surface area contributed by atoms with E-state index in [1.807, 2.05) is 36.4 Å². The molecule has 0 bridgehead atoms. The third-order valence-electron chi connectivity index (χ3n) is 1.96. The maximum Gasteiger partial charge on any atom is 0.231 e. The van der Waals surface area contributed by atoms with Gasteiger partial charge in [-0.2, -0.15) is 0 Å². The van der Waals surface area contributed by atoms with E-state index in [0.717, 1.165) is 17.2 Å². The molecule has 0 heterocycles. The topological polar surface area (TPSA) is 40.9 Å². The van der Waals surface area contributed by atoms with E-state index in [0.29, 0.717) is 12.1 Å². The molecule has 0 atom stereocenters. The highest BCUT2D eigenvalue weighted by atomic mass is 16.1. The normalized spacial score (nSPS) is 10.8. The molecule has 0 aliphatic heterocycles. The summed E-state index contributed by atoms with van der Waals surface area (Å²) in [5, 5.41) is 5.40. The van der Waals surface area contributed by atoms with Gasteiger partial charge in [-0.05, 0) is 11.1 Å². The lowest BCUT2D eigenvalue weighted by Gasteiger charge is -1.92. The van der Waals surface area contributed by atoms with Crippen LogP contribution in [0.5, 0.6) is 0 Å². The van der Waals surface area contributed by atoms with Gasteiger partial charge in [0, 0.05) is 0 Å². The highest BCUT2D eigenvalue weighted by Gasteiger charge is 1.84. The van der Waals surface area contributed by atoms with Gasteiger partial charge >= 0.3 is 0 Å². The summed E-state index contributed by atoms with van der Waals surface area (Å²) >= 11 is 0. The molecule has 84 valence electrons. The lowest BCUT2D eigenvalue weighted by molar-refractivity contribution is 0.563. The lowest BCUT2D eigenvalue weighted by Crippen LogP contribution is -1.70. The summed E-state index contributed by atoms with van der Waals surface area (Å²) < 4.78 is 14.7. The van der Waals surface area contributed by atoms with Crippen LogP contribution in [0.25, 0.3) is 12.2 Å². The first-order chi connectivity index (χ1) is 9.15. The maximum atomic E-state index is 8.35. The second-order valence-electron chi connectivity index (χ2n) is 3.10. The molecule has 0 saturated carbocycles. The van der Waals surface area contributed by atoms with Crippen molar-refractivity contribution < 1.29 is 7.54 Å². The Morgan fingerprint density at radius 1 is 0.941 bits per heavy atom. The summed E-state index contributed by atoms with van der Waals surface area (Å²) in [6.07, 6.45) is 4.75. The Bertz CT molecular complexity index is 521. The average molecular weight is 225 g/mol. The molecule has 2 heteroatoms. The van der Waals surface area contributed by atoms with Crippen molar-refractivity contribution in [3.63, 3.8) is 0 Å². The molecule has 0 aliphatic rings. The van der Waals surface area contributed by atoms with Crippen molar-refractivity contribution in [1.29, 1.82) is 5.41 Å². The van der Waals surface area contributed by atoms with Gasteiger partial charge in [0.1, 0.15) is 0 Å². The zero-order valence-corrected chi connectivity index (χ0v) is 9.18. The molecule has 2 aromatic rings. The van der Waals surface area contributed by atoms with E-state index >= 15 is 0 Å². The van der Waals surface area contributed by atoms with E-state index in [1.54, 1.807) is 24.3 Å². The third kappa shape index (κ3) is 5.26. The van der Waals surface area contributed by atoms with Gasteiger partial charge in [-0.25, -0.2) is 10.2 Å². The zero-order chi connectivity index (χ0) is 14.1. The first-order valence-electron chi connectivity index (χ1n) is 6.01. The van der Waals surface area contributed by atoms with Gasteiger partial charge in [0.2, 0.25) is 6.08 Å². The third-order valence-corrected chi connectivity index (χ3v) is 1.96. The summed E-state index contributed by atoms with van der Waals surface area (Å²) in [5.41, 5.74) is 2.15. The molecule has 0 aliphatic carbocycles. The predicted octanol–water partition coefficient (Wildman–Crippen LogP) is 3.76. The number of hydrogen-bond acceptors (Lipinski definition) is 2. The molecule has 0 unspecified atom stereocenters. The van der Waals surface area contributed by atoms with E-state index in [4.69, 9.17) is 12.9 Å². The smallest absolute Gasteiger partial charge is 0.222 e. The summed E-state index contributed by atoms with van der Waals surface area (Å²) in [6, 6.07) is 15.8. The van der Waals surface area contributed by atoms with Crippen LogP contribution in [0.4, 0.5) is 0 Å². The Hall–Kier alpha value is -2.44. The fourth-order valence-electron chi connectivity index (χ4n) is 1.21. The number of isocyanates is 1. The second-order valence-corrected chi connectivity index (χ2v) is 3.10. The zero-order valence-electron chi connectivity index (χ0n) is 11.2. The number of hydrogen-bond donors (Lipinski definition) is 1. The van der Waals surface area contributed by atoms with Crippen molar-refractivity contribution in [2.24, 2.45) is 0 Å². The molecule has 0 spiro atoms. The van der Waals surface area contributed by atoms with Crippen LogP contribution >= 0.6 is 0 Å². The molecular formula is C15H13NO. The van der Waals surface area contributed by atoms with Crippen LogP contribution in [0.15, 0.2) is 60.6 Å². The minimum atomic E-state index is 0.524. The highest BCUT2D eigenvalue weighted by Crippen LogP contribution is 2.06. The van der Waals surface area contributed by atoms with E-state index in [1.165, 1.54) is 0 Å². The van der Waals surface area contributed by atoms with Crippen LogP contribution in [-0.4, -0.2) is 6.08 Å². The Morgan fingerprint density at radius 3 is 1.53 bits per heavy atom. The summed E-state index contributed by atoms with van der Waals surface area (Å²) in [5.74, 6) is 0. The minimum absolute atomic E-state index is 0.524. The molecule has 0 saturated heterocycles.